The van der Waals surface area contributed by atoms with Crippen molar-refractivity contribution in [3.63, 3.8) is 0 Å². The van der Waals surface area contributed by atoms with E-state index >= 15 is 0 Å². The average Bonchev–Trinajstić information content (AvgIpc) is 2.27. The normalized spacial score (nSPS) is 11.5. The molecule has 2 rings (SSSR count). The number of phenols is 2. The largest absolute Gasteiger partial charge is 0.508 e. The third-order valence-electron chi connectivity index (χ3n) is 2.82. The minimum atomic E-state index is -3.79. The van der Waals surface area contributed by atoms with E-state index in [1.165, 1.54) is 30.3 Å². The molecule has 100 valence electrons. The highest BCUT2D eigenvalue weighted by molar-refractivity contribution is 7.91. The molecule has 0 aliphatic heterocycles. The second-order valence-electron chi connectivity index (χ2n) is 4.43. The summed E-state index contributed by atoms with van der Waals surface area (Å²) in [5.41, 5.74) is 1.28. The van der Waals surface area contributed by atoms with E-state index in [2.05, 4.69) is 0 Å². The summed E-state index contributed by atoms with van der Waals surface area (Å²) < 4.78 is 24.9. The van der Waals surface area contributed by atoms with E-state index in [9.17, 15) is 18.6 Å². The molecule has 0 heterocycles. The molecule has 0 saturated heterocycles. The number of benzene rings is 2. The lowest BCUT2D eigenvalue weighted by molar-refractivity contribution is 0.457. The van der Waals surface area contributed by atoms with E-state index in [4.69, 9.17) is 0 Å². The Balaban J connectivity index is 2.67. The third kappa shape index (κ3) is 2.42. The van der Waals surface area contributed by atoms with Gasteiger partial charge in [-0.3, -0.25) is 0 Å². The highest BCUT2D eigenvalue weighted by Crippen LogP contribution is 2.33. The van der Waals surface area contributed by atoms with Crippen LogP contribution in [0.2, 0.25) is 0 Å². The maximum Gasteiger partial charge on any atom is 0.210 e. The molecule has 4 nitrogen and oxygen atoms in total. The van der Waals surface area contributed by atoms with Crippen molar-refractivity contribution in [2.24, 2.45) is 0 Å². The van der Waals surface area contributed by atoms with Gasteiger partial charge in [-0.25, -0.2) is 8.42 Å². The molecule has 0 saturated carbocycles. The summed E-state index contributed by atoms with van der Waals surface area (Å²) in [6.45, 7) is 3.42. The minimum Gasteiger partial charge on any atom is -0.508 e. The van der Waals surface area contributed by atoms with Crippen molar-refractivity contribution >= 4 is 9.84 Å². The number of rotatable bonds is 2. The quantitative estimate of drug-likeness (QED) is 0.885. The van der Waals surface area contributed by atoms with Crippen LogP contribution >= 0.6 is 0 Å². The summed E-state index contributed by atoms with van der Waals surface area (Å²) in [6.07, 6.45) is 0. The first-order valence-corrected chi connectivity index (χ1v) is 7.15. The monoisotopic (exact) mass is 278 g/mol. The molecule has 2 N–H and O–H groups in total. The fraction of sp³-hybridized carbons (Fsp3) is 0.143. The fourth-order valence-electron chi connectivity index (χ4n) is 2.02. The molecule has 0 aliphatic carbocycles. The number of phenolic OH excluding ortho intramolecular Hbond substituents is 2. The Bertz CT molecular complexity index is 693. The SMILES string of the molecule is Cc1cc(C)c(S(=O)(=O)c2ccc(O)cc2)c(O)c1. The van der Waals surface area contributed by atoms with Crippen LogP contribution in [0.4, 0.5) is 0 Å². The molecular weight excluding hydrogens is 264 g/mol. The average molecular weight is 278 g/mol. The second-order valence-corrected chi connectivity index (χ2v) is 6.31. The Morgan fingerprint density at radius 3 is 2.05 bits per heavy atom. The maximum atomic E-state index is 12.5. The number of hydrogen-bond acceptors (Lipinski definition) is 4. The zero-order valence-electron chi connectivity index (χ0n) is 10.6. The Hall–Kier alpha value is -2.01. The van der Waals surface area contributed by atoms with E-state index in [1.54, 1.807) is 19.9 Å². The van der Waals surface area contributed by atoms with Gasteiger partial charge in [-0.05, 0) is 55.3 Å². The van der Waals surface area contributed by atoms with E-state index < -0.39 is 9.84 Å². The maximum absolute atomic E-state index is 12.5. The summed E-state index contributed by atoms with van der Waals surface area (Å²) in [5, 5.41) is 19.1. The molecule has 0 unspecified atom stereocenters. The third-order valence-corrected chi connectivity index (χ3v) is 4.78. The van der Waals surface area contributed by atoms with Crippen molar-refractivity contribution in [3.8, 4) is 11.5 Å². The van der Waals surface area contributed by atoms with Crippen LogP contribution in [-0.4, -0.2) is 18.6 Å². The molecular formula is C14H14O4S. The second kappa shape index (κ2) is 4.59. The van der Waals surface area contributed by atoms with Crippen molar-refractivity contribution in [3.05, 3.63) is 47.5 Å². The lowest BCUT2D eigenvalue weighted by atomic mass is 10.1. The van der Waals surface area contributed by atoms with Gasteiger partial charge >= 0.3 is 0 Å². The number of aromatic hydroxyl groups is 2. The Kier molecular flexibility index (Phi) is 3.24. The molecule has 2 aromatic carbocycles. The van der Waals surface area contributed by atoms with Crippen LogP contribution in [0, 0.1) is 13.8 Å². The first-order valence-electron chi connectivity index (χ1n) is 5.66. The van der Waals surface area contributed by atoms with E-state index in [0.29, 0.717) is 5.56 Å². The standard InChI is InChI=1S/C14H14O4S/c1-9-7-10(2)14(13(16)8-9)19(17,18)12-5-3-11(15)4-6-12/h3-8,15-16H,1-2H3. The summed E-state index contributed by atoms with van der Waals surface area (Å²) in [6, 6.07) is 8.33. The summed E-state index contributed by atoms with van der Waals surface area (Å²) >= 11 is 0. The lowest BCUT2D eigenvalue weighted by Gasteiger charge is -2.11. The van der Waals surface area contributed by atoms with Crippen LogP contribution in [0.15, 0.2) is 46.2 Å². The topological polar surface area (TPSA) is 74.6 Å². The molecule has 5 heteroatoms. The van der Waals surface area contributed by atoms with Crippen molar-refractivity contribution in [2.45, 2.75) is 23.6 Å². The van der Waals surface area contributed by atoms with Gasteiger partial charge in [0.1, 0.15) is 16.4 Å². The molecule has 0 bridgehead atoms. The van der Waals surface area contributed by atoms with Crippen LogP contribution in [0.3, 0.4) is 0 Å². The summed E-state index contributed by atoms with van der Waals surface area (Å²) in [7, 11) is -3.79. The zero-order chi connectivity index (χ0) is 14.2. The van der Waals surface area contributed by atoms with E-state index in [0.717, 1.165) is 5.56 Å². The van der Waals surface area contributed by atoms with Crippen LogP contribution < -0.4 is 0 Å². The molecule has 0 atom stereocenters. The molecule has 0 spiro atoms. The molecule has 0 radical (unpaired) electrons. The van der Waals surface area contributed by atoms with Gasteiger partial charge in [0.15, 0.2) is 0 Å². The first-order chi connectivity index (χ1) is 8.82. The van der Waals surface area contributed by atoms with Crippen LogP contribution in [-0.2, 0) is 9.84 Å². The summed E-state index contributed by atoms with van der Waals surface area (Å²) in [4.78, 5) is -0.0589. The molecule has 2 aromatic rings. The van der Waals surface area contributed by atoms with Crippen LogP contribution in [0.1, 0.15) is 11.1 Å². The lowest BCUT2D eigenvalue weighted by Crippen LogP contribution is -2.04. The predicted molar refractivity (Wildman–Crippen MR) is 71.1 cm³/mol. The van der Waals surface area contributed by atoms with E-state index in [1.807, 2.05) is 0 Å². The number of sulfone groups is 1. The zero-order valence-corrected chi connectivity index (χ0v) is 11.4. The van der Waals surface area contributed by atoms with Gasteiger partial charge in [0, 0.05) is 0 Å². The van der Waals surface area contributed by atoms with Crippen LogP contribution in [0.25, 0.3) is 0 Å². The predicted octanol–water partition coefficient (Wildman–Crippen LogP) is 2.55. The molecule has 0 aliphatic rings. The Morgan fingerprint density at radius 2 is 1.53 bits per heavy atom. The Morgan fingerprint density at radius 1 is 0.947 bits per heavy atom. The minimum absolute atomic E-state index is 0.0104. The number of aryl methyl sites for hydroxylation is 2. The van der Waals surface area contributed by atoms with Crippen molar-refractivity contribution in [1.29, 1.82) is 0 Å². The number of hydrogen-bond donors (Lipinski definition) is 2. The smallest absolute Gasteiger partial charge is 0.210 e. The first kappa shape index (κ1) is 13.4. The molecule has 0 amide bonds. The van der Waals surface area contributed by atoms with E-state index in [-0.39, 0.29) is 21.3 Å². The highest BCUT2D eigenvalue weighted by atomic mass is 32.2. The van der Waals surface area contributed by atoms with Gasteiger partial charge < -0.3 is 10.2 Å². The van der Waals surface area contributed by atoms with Crippen molar-refractivity contribution in [1.82, 2.24) is 0 Å². The van der Waals surface area contributed by atoms with Gasteiger partial charge in [0.2, 0.25) is 9.84 Å². The van der Waals surface area contributed by atoms with Gasteiger partial charge in [-0.15, -0.1) is 0 Å². The molecule has 0 aromatic heterocycles. The fourth-order valence-corrected chi connectivity index (χ4v) is 3.57. The van der Waals surface area contributed by atoms with Crippen LogP contribution in [0.5, 0.6) is 11.5 Å². The van der Waals surface area contributed by atoms with Crippen molar-refractivity contribution in [2.75, 3.05) is 0 Å². The van der Waals surface area contributed by atoms with Gasteiger partial charge in [0.25, 0.3) is 0 Å². The Labute approximate surface area is 111 Å². The summed E-state index contributed by atoms with van der Waals surface area (Å²) in [5.74, 6) is -0.269. The van der Waals surface area contributed by atoms with Gasteiger partial charge in [0.05, 0.1) is 4.90 Å². The molecule has 0 fully saturated rings. The van der Waals surface area contributed by atoms with Gasteiger partial charge in [-0.1, -0.05) is 6.07 Å². The highest BCUT2D eigenvalue weighted by Gasteiger charge is 2.24. The molecule has 19 heavy (non-hydrogen) atoms. The van der Waals surface area contributed by atoms with Crippen molar-refractivity contribution < 1.29 is 18.6 Å². The van der Waals surface area contributed by atoms with Gasteiger partial charge in [-0.2, -0.15) is 0 Å².